The quantitative estimate of drug-likeness (QED) is 0.164. The van der Waals surface area contributed by atoms with Crippen LogP contribution >= 0.6 is 23.2 Å². The fourth-order valence-electron chi connectivity index (χ4n) is 2.35. The van der Waals surface area contributed by atoms with Gasteiger partial charge in [0.05, 0.1) is 21.5 Å². The van der Waals surface area contributed by atoms with Crippen LogP contribution in [-0.2, 0) is 26.2 Å². The summed E-state index contributed by atoms with van der Waals surface area (Å²) in [6, 6.07) is 6.55. The fourth-order valence-corrected chi connectivity index (χ4v) is 3.79. The summed E-state index contributed by atoms with van der Waals surface area (Å²) in [6.07, 6.45) is 0. The predicted octanol–water partition coefficient (Wildman–Crippen LogP) is 1.37. The summed E-state index contributed by atoms with van der Waals surface area (Å²) in [5.41, 5.74) is 9.71. The number of carbonyl (C=O) groups excluding carboxylic acids is 1. The zero-order valence-electron chi connectivity index (χ0n) is 17.6. The average molecular weight is 529 g/mol. The summed E-state index contributed by atoms with van der Waals surface area (Å²) < 4.78 is 41.5. The van der Waals surface area contributed by atoms with Crippen molar-refractivity contribution >= 4 is 50.8 Å². The number of sulfonamides is 1. The Hall–Kier alpha value is -3.03. The van der Waals surface area contributed by atoms with Crippen LogP contribution in [0.2, 0.25) is 10.0 Å². The second-order valence-corrected chi connectivity index (χ2v) is 8.66. The first-order valence-corrected chi connectivity index (χ1v) is 10.9. The number of nitrogens with one attached hydrogen (secondary N) is 2. The van der Waals surface area contributed by atoms with Crippen molar-refractivity contribution in [2.45, 2.75) is 25.8 Å². The van der Waals surface area contributed by atoms with Crippen molar-refractivity contribution in [1.29, 1.82) is 1.45 Å². The number of rotatable bonds is 9. The maximum absolute atomic E-state index is 12.7. The molecule has 1 heterocycles. The van der Waals surface area contributed by atoms with Crippen LogP contribution in [0.15, 0.2) is 45.2 Å². The molecule has 0 bridgehead atoms. The Balaban J connectivity index is 0.00000353. The number of halogens is 3. The molecule has 0 atom stereocenters. The predicted molar refractivity (Wildman–Crippen MR) is 127 cm³/mol. The third-order valence-corrected chi connectivity index (χ3v) is 5.93. The molecule has 0 fully saturated rings. The minimum Gasteiger partial charge on any atom is -0.391 e. The molecule has 0 aliphatic carbocycles. The molecular weight excluding hydrogens is 502 g/mol. The standard InChI is InChI=1S/C17H20Cl2N6O5S.CH4.FH/c1-10-2-5-14(24-31(28,29)11-3-4-12(18)13(19)8-11)16(27)25(10)9-15(26)22-6-7-30-23-17(20)21;;/h2-5,8,24H,6-7,9H2,1H3,(H,22,26)(H4,20,21,23);1H4;1H/i/hT. The molecular formula is C18H25Cl2FN6O5S. The number of nitrogens with zero attached hydrogens (tertiary/aromatic N) is 2. The van der Waals surface area contributed by atoms with Crippen molar-refractivity contribution in [3.63, 3.8) is 0 Å². The van der Waals surface area contributed by atoms with Crippen LogP contribution in [-0.4, -0.2) is 39.5 Å². The van der Waals surface area contributed by atoms with Crippen LogP contribution in [0, 0.1) is 6.92 Å². The van der Waals surface area contributed by atoms with E-state index in [9.17, 15) is 18.0 Å². The molecule has 0 saturated heterocycles. The maximum atomic E-state index is 12.7. The van der Waals surface area contributed by atoms with Crippen molar-refractivity contribution in [2.24, 2.45) is 16.6 Å². The van der Waals surface area contributed by atoms with Crippen molar-refractivity contribution < 1.29 is 22.8 Å². The van der Waals surface area contributed by atoms with Crippen LogP contribution in [0.1, 0.15) is 13.1 Å². The molecule has 15 heteroatoms. The van der Waals surface area contributed by atoms with Crippen LogP contribution < -0.4 is 27.1 Å². The number of guanidine groups is 1. The van der Waals surface area contributed by atoms with E-state index in [2.05, 4.69) is 16.6 Å². The number of anilines is 1. The van der Waals surface area contributed by atoms with Crippen LogP contribution in [0.4, 0.5) is 10.4 Å². The van der Waals surface area contributed by atoms with E-state index in [4.69, 9.17) is 44.2 Å². The van der Waals surface area contributed by atoms with Gasteiger partial charge in [-0.15, -0.1) is 0 Å². The van der Waals surface area contributed by atoms with Gasteiger partial charge in [0.1, 0.15) is 18.8 Å². The van der Waals surface area contributed by atoms with E-state index in [-0.39, 0.29) is 53.7 Å². The number of aryl methyl sites for hydroxylation is 1. The van der Waals surface area contributed by atoms with Crippen molar-refractivity contribution in [3.05, 3.63) is 56.4 Å². The van der Waals surface area contributed by atoms with Gasteiger partial charge in [-0.2, -0.15) is 0 Å². The first-order chi connectivity index (χ1) is 15.5. The molecule has 1 amide bonds. The number of benzene rings is 1. The van der Waals surface area contributed by atoms with E-state index in [1.54, 1.807) is 6.92 Å². The highest BCUT2D eigenvalue weighted by Crippen LogP contribution is 2.25. The number of hydrogen-bond acceptors (Lipinski definition) is 6. The maximum Gasteiger partial charge on any atom is 0.275 e. The molecule has 184 valence electrons. The molecule has 0 aliphatic rings. The molecule has 0 saturated carbocycles. The zero-order chi connectivity index (χ0) is 25.2. The molecule has 33 heavy (non-hydrogen) atoms. The number of aromatic nitrogens is 1. The number of pyridine rings is 1. The van der Waals surface area contributed by atoms with E-state index >= 15 is 0 Å². The van der Waals surface area contributed by atoms with E-state index in [0.29, 0.717) is 5.69 Å². The number of carbonyl (C=O) groups is 1. The highest BCUT2D eigenvalue weighted by molar-refractivity contribution is 7.92. The van der Waals surface area contributed by atoms with E-state index in [1.165, 1.54) is 24.3 Å². The minimum atomic E-state index is -4.12. The van der Waals surface area contributed by atoms with Gasteiger partial charge in [-0.25, -0.2) is 8.42 Å². The Morgan fingerprint density at radius 3 is 2.52 bits per heavy atom. The molecule has 2 rings (SSSR count). The number of oxime groups is 1. The summed E-state index contributed by atoms with van der Waals surface area (Å²) >= 11 is 11.7. The Morgan fingerprint density at radius 1 is 1.24 bits per heavy atom. The normalized spacial score (nSPS) is 10.5. The molecule has 0 spiro atoms. The topological polar surface area (TPSA) is 171 Å². The lowest BCUT2D eigenvalue weighted by atomic mass is 10.3. The lowest BCUT2D eigenvalue weighted by Gasteiger charge is -2.13. The fraction of sp³-hybridized carbons (Fsp3) is 0.278. The third-order valence-electron chi connectivity index (χ3n) is 3.83. The summed E-state index contributed by atoms with van der Waals surface area (Å²) in [6.45, 7) is 1.37. The van der Waals surface area contributed by atoms with Gasteiger partial charge in [-0.3, -0.25) is 19.0 Å². The summed E-state index contributed by atoms with van der Waals surface area (Å²) in [5.74, 6) is -0.753. The average Bonchev–Trinajstić information content (AvgIpc) is 2.76. The molecule has 11 nitrogen and oxygen atoms in total. The van der Waals surface area contributed by atoms with Crippen molar-refractivity contribution in [2.75, 3.05) is 17.9 Å². The highest BCUT2D eigenvalue weighted by atomic mass is 35.5. The lowest BCUT2D eigenvalue weighted by molar-refractivity contribution is -0.122. The molecule has 1 aromatic heterocycles. The van der Waals surface area contributed by atoms with Gasteiger partial charge in [0.15, 0.2) is 0 Å². The Kier molecular flexibility index (Phi) is 10.9. The van der Waals surface area contributed by atoms with Gasteiger partial charge in [-0.05, 0) is 42.4 Å². The molecule has 2 aromatic rings. The molecule has 0 aliphatic heterocycles. The number of hydrogen-bond donors (Lipinski definition) is 4. The highest BCUT2D eigenvalue weighted by Gasteiger charge is 2.19. The number of amides is 1. The van der Waals surface area contributed by atoms with Gasteiger partial charge < -0.3 is 26.2 Å². The lowest BCUT2D eigenvalue weighted by Crippen LogP contribution is -2.36. The first kappa shape index (κ1) is 28.0. The van der Waals surface area contributed by atoms with Crippen molar-refractivity contribution in [1.82, 2.24) is 9.88 Å². The summed E-state index contributed by atoms with van der Waals surface area (Å²) in [5, 5.41) is 6.06. The first-order valence-electron chi connectivity index (χ1n) is 9.05. The van der Waals surface area contributed by atoms with Gasteiger partial charge in [0.2, 0.25) is 11.9 Å². The van der Waals surface area contributed by atoms with Gasteiger partial charge >= 0.3 is 0 Å². The molecule has 0 radical (unpaired) electrons. The van der Waals surface area contributed by atoms with Gasteiger partial charge in [-0.1, -0.05) is 30.6 Å². The SMILES string of the molecule is C.Cc1ccc(NS(=O)(=O)c2ccc(Cl)c(Cl)c2)c(=O)n1CC(=O)NCCON=C(N)N.[3H]F. The van der Waals surface area contributed by atoms with Crippen LogP contribution in [0.5, 0.6) is 0 Å². The second kappa shape index (κ2) is 12.9. The Bertz CT molecular complexity index is 1180. The smallest absolute Gasteiger partial charge is 0.275 e. The second-order valence-electron chi connectivity index (χ2n) is 6.16. The summed E-state index contributed by atoms with van der Waals surface area (Å²) in [4.78, 5) is 29.4. The molecule has 6 N–H and O–H groups in total. The van der Waals surface area contributed by atoms with E-state index in [0.717, 1.165) is 10.6 Å². The summed E-state index contributed by atoms with van der Waals surface area (Å²) in [7, 11) is -4.12. The number of nitrogens with two attached hydrogens (primary N) is 2. The van der Waals surface area contributed by atoms with Crippen molar-refractivity contribution in [3.8, 4) is 0 Å². The van der Waals surface area contributed by atoms with E-state index in [1.807, 2.05) is 0 Å². The van der Waals surface area contributed by atoms with Crippen LogP contribution in [0.25, 0.3) is 0 Å². The Morgan fingerprint density at radius 2 is 1.91 bits per heavy atom. The van der Waals surface area contributed by atoms with Gasteiger partial charge in [0, 0.05) is 5.69 Å². The van der Waals surface area contributed by atoms with E-state index < -0.39 is 21.5 Å². The Labute approximate surface area is 201 Å². The van der Waals surface area contributed by atoms with Gasteiger partial charge in [0.25, 0.3) is 17.0 Å². The monoisotopic (exact) mass is 528 g/mol. The molecule has 1 aromatic carbocycles. The third kappa shape index (κ3) is 8.44. The molecule has 0 unspecified atom stereocenters. The van der Waals surface area contributed by atoms with Crippen LogP contribution in [0.3, 0.4) is 0 Å². The largest absolute Gasteiger partial charge is 0.391 e. The minimum absolute atomic E-state index is 0. The zero-order valence-corrected chi connectivity index (χ0v) is 19.0.